The van der Waals surface area contributed by atoms with Crippen LogP contribution in [-0.2, 0) is 11.3 Å². The summed E-state index contributed by atoms with van der Waals surface area (Å²) in [6, 6.07) is 0. The molecule has 5 nitrogen and oxygen atoms in total. The number of imidazole rings is 1. The zero-order chi connectivity index (χ0) is 11.8. The summed E-state index contributed by atoms with van der Waals surface area (Å²) in [7, 11) is 0. The number of primary amides is 1. The molecule has 0 atom stereocenters. The SMILES string of the molecule is Cc1nccn1CCNCCCCC(N)=O. The van der Waals surface area contributed by atoms with Gasteiger partial charge in [0.2, 0.25) is 5.91 Å². The fourth-order valence-electron chi connectivity index (χ4n) is 1.51. The van der Waals surface area contributed by atoms with Crippen LogP contribution >= 0.6 is 0 Å². The lowest BCUT2D eigenvalue weighted by Gasteiger charge is -2.06. The second-order valence-electron chi connectivity index (χ2n) is 3.84. The number of unbranched alkanes of at least 4 members (excludes halogenated alkanes) is 1. The van der Waals surface area contributed by atoms with Crippen molar-refractivity contribution in [2.45, 2.75) is 32.7 Å². The molecular formula is C11H20N4O. The third kappa shape index (κ3) is 4.93. The fraction of sp³-hybridized carbons (Fsp3) is 0.636. The predicted octanol–water partition coefficient (Wildman–Crippen LogP) is 0.437. The van der Waals surface area contributed by atoms with Crippen molar-refractivity contribution in [3.05, 3.63) is 18.2 Å². The maximum absolute atomic E-state index is 10.5. The zero-order valence-corrected chi connectivity index (χ0v) is 9.78. The number of hydrogen-bond acceptors (Lipinski definition) is 3. The van der Waals surface area contributed by atoms with Crippen molar-refractivity contribution in [2.75, 3.05) is 13.1 Å². The molecule has 0 aromatic carbocycles. The summed E-state index contributed by atoms with van der Waals surface area (Å²) in [6.07, 6.45) is 6.13. The van der Waals surface area contributed by atoms with Crippen LogP contribution in [-0.4, -0.2) is 28.5 Å². The number of hydrogen-bond donors (Lipinski definition) is 2. The molecule has 0 bridgehead atoms. The molecule has 1 aromatic heterocycles. The highest BCUT2D eigenvalue weighted by Gasteiger charge is 1.96. The molecule has 0 fully saturated rings. The molecule has 0 spiro atoms. The smallest absolute Gasteiger partial charge is 0.217 e. The molecule has 0 saturated heterocycles. The molecule has 1 heterocycles. The van der Waals surface area contributed by atoms with Gasteiger partial charge in [0.05, 0.1) is 0 Å². The van der Waals surface area contributed by atoms with E-state index in [1.807, 2.05) is 19.3 Å². The van der Waals surface area contributed by atoms with Crippen LogP contribution in [0.15, 0.2) is 12.4 Å². The molecule has 0 radical (unpaired) electrons. The van der Waals surface area contributed by atoms with Crippen molar-refractivity contribution < 1.29 is 4.79 Å². The molecular weight excluding hydrogens is 204 g/mol. The summed E-state index contributed by atoms with van der Waals surface area (Å²) in [4.78, 5) is 14.6. The number of aromatic nitrogens is 2. The molecule has 0 saturated carbocycles. The maximum Gasteiger partial charge on any atom is 0.217 e. The van der Waals surface area contributed by atoms with E-state index in [-0.39, 0.29) is 5.91 Å². The van der Waals surface area contributed by atoms with Crippen molar-refractivity contribution in [2.24, 2.45) is 5.73 Å². The average Bonchev–Trinajstić information content (AvgIpc) is 2.62. The van der Waals surface area contributed by atoms with Gasteiger partial charge in [-0.2, -0.15) is 0 Å². The first-order valence-electron chi connectivity index (χ1n) is 5.67. The first-order valence-corrected chi connectivity index (χ1v) is 5.67. The Morgan fingerprint density at radius 3 is 2.94 bits per heavy atom. The lowest BCUT2D eigenvalue weighted by atomic mass is 10.2. The Bertz CT molecular complexity index is 322. The minimum atomic E-state index is -0.214. The molecule has 5 heteroatoms. The van der Waals surface area contributed by atoms with Gasteiger partial charge in [-0.1, -0.05) is 0 Å². The number of nitrogens with two attached hydrogens (primary N) is 1. The van der Waals surface area contributed by atoms with Crippen LogP contribution in [0.25, 0.3) is 0 Å². The first kappa shape index (κ1) is 12.7. The maximum atomic E-state index is 10.5. The van der Waals surface area contributed by atoms with E-state index in [1.165, 1.54) is 0 Å². The number of nitrogens with one attached hydrogen (secondary N) is 1. The number of rotatable bonds is 8. The Balaban J connectivity index is 1.96. The van der Waals surface area contributed by atoms with Crippen molar-refractivity contribution in [1.82, 2.24) is 14.9 Å². The van der Waals surface area contributed by atoms with E-state index in [4.69, 9.17) is 5.73 Å². The number of carbonyl (C=O) groups excluding carboxylic acids is 1. The van der Waals surface area contributed by atoms with Crippen LogP contribution in [0.2, 0.25) is 0 Å². The van der Waals surface area contributed by atoms with E-state index < -0.39 is 0 Å². The first-order chi connectivity index (χ1) is 7.70. The van der Waals surface area contributed by atoms with E-state index in [9.17, 15) is 4.79 Å². The summed E-state index contributed by atoms with van der Waals surface area (Å²) in [5, 5.41) is 3.32. The minimum absolute atomic E-state index is 0.214. The molecule has 1 amide bonds. The standard InChI is InChI=1S/C11H20N4O/c1-10-14-7-9-15(10)8-6-13-5-3-2-4-11(12)16/h7,9,13H,2-6,8H2,1H3,(H2,12,16). The summed E-state index contributed by atoms with van der Waals surface area (Å²) < 4.78 is 2.11. The van der Waals surface area contributed by atoms with Gasteiger partial charge in [0, 0.05) is 31.9 Å². The second-order valence-corrected chi connectivity index (χ2v) is 3.84. The van der Waals surface area contributed by atoms with Gasteiger partial charge in [0.25, 0.3) is 0 Å². The van der Waals surface area contributed by atoms with Crippen molar-refractivity contribution in [1.29, 1.82) is 0 Å². The third-order valence-corrected chi connectivity index (χ3v) is 2.48. The van der Waals surface area contributed by atoms with Crippen LogP contribution in [0, 0.1) is 6.92 Å². The molecule has 90 valence electrons. The normalized spacial score (nSPS) is 10.6. The topological polar surface area (TPSA) is 72.9 Å². The summed E-state index contributed by atoms with van der Waals surface area (Å²) in [5.41, 5.74) is 5.04. The summed E-state index contributed by atoms with van der Waals surface area (Å²) >= 11 is 0. The minimum Gasteiger partial charge on any atom is -0.370 e. The molecule has 3 N–H and O–H groups in total. The Labute approximate surface area is 96.0 Å². The van der Waals surface area contributed by atoms with Crippen LogP contribution < -0.4 is 11.1 Å². The quantitative estimate of drug-likeness (QED) is 0.629. The van der Waals surface area contributed by atoms with Crippen LogP contribution in [0.1, 0.15) is 25.1 Å². The largest absolute Gasteiger partial charge is 0.370 e. The lowest BCUT2D eigenvalue weighted by Crippen LogP contribution is -2.21. The van der Waals surface area contributed by atoms with Crippen molar-refractivity contribution in [3.63, 3.8) is 0 Å². The lowest BCUT2D eigenvalue weighted by molar-refractivity contribution is -0.118. The molecule has 0 aliphatic rings. The van der Waals surface area contributed by atoms with Crippen LogP contribution in [0.4, 0.5) is 0 Å². The van der Waals surface area contributed by atoms with Crippen molar-refractivity contribution >= 4 is 5.91 Å². The second kappa shape index (κ2) is 7.00. The molecule has 1 rings (SSSR count). The Kier molecular flexibility index (Phi) is 5.56. The monoisotopic (exact) mass is 224 g/mol. The number of amides is 1. The predicted molar refractivity (Wildman–Crippen MR) is 62.9 cm³/mol. The van der Waals surface area contributed by atoms with Gasteiger partial charge in [-0.15, -0.1) is 0 Å². The highest BCUT2D eigenvalue weighted by Crippen LogP contribution is 1.94. The van der Waals surface area contributed by atoms with Gasteiger partial charge in [0.1, 0.15) is 5.82 Å². The van der Waals surface area contributed by atoms with E-state index in [1.54, 1.807) is 0 Å². The van der Waals surface area contributed by atoms with Gasteiger partial charge in [-0.25, -0.2) is 4.98 Å². The zero-order valence-electron chi connectivity index (χ0n) is 9.78. The molecule has 0 aliphatic heterocycles. The highest BCUT2D eigenvalue weighted by molar-refractivity contribution is 5.73. The third-order valence-electron chi connectivity index (χ3n) is 2.48. The van der Waals surface area contributed by atoms with Gasteiger partial charge in [0.15, 0.2) is 0 Å². The van der Waals surface area contributed by atoms with E-state index in [0.29, 0.717) is 6.42 Å². The van der Waals surface area contributed by atoms with Gasteiger partial charge in [-0.3, -0.25) is 4.79 Å². The molecule has 0 unspecified atom stereocenters. The summed E-state index contributed by atoms with van der Waals surface area (Å²) in [5.74, 6) is 0.824. The highest BCUT2D eigenvalue weighted by atomic mass is 16.1. The fourth-order valence-corrected chi connectivity index (χ4v) is 1.51. The summed E-state index contributed by atoms with van der Waals surface area (Å²) in [6.45, 7) is 4.78. The number of nitrogens with zero attached hydrogens (tertiary/aromatic N) is 2. The Morgan fingerprint density at radius 1 is 1.50 bits per heavy atom. The van der Waals surface area contributed by atoms with Gasteiger partial charge in [-0.05, 0) is 26.3 Å². The average molecular weight is 224 g/mol. The number of aryl methyl sites for hydroxylation is 1. The Morgan fingerprint density at radius 2 is 2.31 bits per heavy atom. The van der Waals surface area contributed by atoms with Crippen LogP contribution in [0.5, 0.6) is 0 Å². The van der Waals surface area contributed by atoms with E-state index >= 15 is 0 Å². The van der Waals surface area contributed by atoms with Crippen molar-refractivity contribution in [3.8, 4) is 0 Å². The molecule has 16 heavy (non-hydrogen) atoms. The number of carbonyl (C=O) groups is 1. The van der Waals surface area contributed by atoms with E-state index in [2.05, 4.69) is 14.9 Å². The molecule has 0 aliphatic carbocycles. The van der Waals surface area contributed by atoms with Crippen LogP contribution in [0.3, 0.4) is 0 Å². The Hall–Kier alpha value is -1.36. The van der Waals surface area contributed by atoms with Gasteiger partial charge < -0.3 is 15.6 Å². The van der Waals surface area contributed by atoms with E-state index in [0.717, 1.165) is 38.3 Å². The van der Waals surface area contributed by atoms with Gasteiger partial charge >= 0.3 is 0 Å². The molecule has 1 aromatic rings.